The maximum Gasteiger partial charge on any atom is 0.673 e. The zero-order valence-electron chi connectivity index (χ0n) is 15.0. The summed E-state index contributed by atoms with van der Waals surface area (Å²) < 4.78 is 40.0. The van der Waals surface area contributed by atoms with E-state index in [9.17, 15) is 17.3 Å². The smallest absolute Gasteiger partial charge is 0.418 e. The highest BCUT2D eigenvalue weighted by molar-refractivity contribution is 9.10. The first-order valence-electron chi connectivity index (χ1n) is 7.74. The Labute approximate surface area is 158 Å². The topological polar surface area (TPSA) is 0 Å². The minimum absolute atomic E-state index is 0.110. The second kappa shape index (κ2) is 9.13. The fourth-order valence-electron chi connectivity index (χ4n) is 2.38. The third-order valence-electron chi connectivity index (χ3n) is 4.11. The fraction of sp³-hybridized carbons (Fsp3) is 0.333. The second-order valence-corrected chi connectivity index (χ2v) is 9.16. The van der Waals surface area contributed by atoms with Gasteiger partial charge in [0.2, 0.25) is 0 Å². The molecule has 7 heteroatoms. The summed E-state index contributed by atoms with van der Waals surface area (Å²) in [4.78, 5) is 2.89. The van der Waals surface area contributed by atoms with E-state index in [2.05, 4.69) is 80.9 Å². The van der Waals surface area contributed by atoms with Gasteiger partial charge >= 0.3 is 7.25 Å². The van der Waals surface area contributed by atoms with Crippen LogP contribution in [0.4, 0.5) is 17.3 Å². The molecule has 0 aliphatic heterocycles. The molecule has 2 aromatic rings. The van der Waals surface area contributed by atoms with Crippen molar-refractivity contribution >= 4 is 34.1 Å². The first kappa shape index (κ1) is 22.1. The van der Waals surface area contributed by atoms with E-state index >= 15 is 0 Å². The van der Waals surface area contributed by atoms with Gasteiger partial charge in [0.1, 0.15) is 0 Å². The van der Waals surface area contributed by atoms with Gasteiger partial charge in [-0.2, -0.15) is 0 Å². The van der Waals surface area contributed by atoms with Crippen LogP contribution in [0.3, 0.4) is 0 Å². The quantitative estimate of drug-likeness (QED) is 0.212. The Hall–Kier alpha value is -0.945. The molecule has 0 spiro atoms. The Kier molecular flexibility index (Phi) is 8.07. The van der Waals surface area contributed by atoms with Gasteiger partial charge in [-0.15, -0.1) is 0 Å². The van der Waals surface area contributed by atoms with Crippen LogP contribution in [0.25, 0.3) is 0 Å². The Morgan fingerprint density at radius 1 is 0.840 bits per heavy atom. The van der Waals surface area contributed by atoms with Crippen molar-refractivity contribution in [3.63, 3.8) is 0 Å². The van der Waals surface area contributed by atoms with Crippen molar-refractivity contribution in [2.45, 2.75) is 44.4 Å². The summed E-state index contributed by atoms with van der Waals surface area (Å²) >= 11 is 3.72. The SMILES string of the molecule is Cc1ccc([S+](CBr)c2cc(C)c(C)c(C)c2C)cc1.F[B-](F)(F)F. The van der Waals surface area contributed by atoms with Crippen molar-refractivity contribution in [2.75, 3.05) is 4.66 Å². The first-order chi connectivity index (χ1) is 11.5. The molecule has 1 unspecified atom stereocenters. The van der Waals surface area contributed by atoms with Crippen LogP contribution in [-0.4, -0.2) is 11.9 Å². The summed E-state index contributed by atoms with van der Waals surface area (Å²) in [6.45, 7) is 11.1. The number of rotatable bonds is 3. The zero-order valence-corrected chi connectivity index (χ0v) is 17.4. The van der Waals surface area contributed by atoms with Gasteiger partial charge in [0.25, 0.3) is 0 Å². The third kappa shape index (κ3) is 6.70. The minimum Gasteiger partial charge on any atom is -0.418 e. The van der Waals surface area contributed by atoms with Gasteiger partial charge in [0.05, 0.1) is 10.9 Å². The van der Waals surface area contributed by atoms with E-state index in [4.69, 9.17) is 0 Å². The second-order valence-electron chi connectivity index (χ2n) is 5.87. The summed E-state index contributed by atoms with van der Waals surface area (Å²) in [5, 5.41) is 0. The molecule has 25 heavy (non-hydrogen) atoms. The van der Waals surface area contributed by atoms with Crippen LogP contribution in [0.1, 0.15) is 27.8 Å². The molecule has 0 saturated heterocycles. The molecule has 2 rings (SSSR count). The Bertz CT molecular complexity index is 708. The Balaban J connectivity index is 0.000000550. The predicted octanol–water partition coefficient (Wildman–Crippen LogP) is 6.92. The molecule has 0 radical (unpaired) electrons. The zero-order chi connectivity index (χ0) is 19.4. The summed E-state index contributed by atoms with van der Waals surface area (Å²) in [7, 11) is -5.89. The molecule has 0 heterocycles. The average molecular weight is 437 g/mol. The van der Waals surface area contributed by atoms with Gasteiger partial charge in [-0.25, -0.2) is 0 Å². The summed E-state index contributed by atoms with van der Waals surface area (Å²) in [6, 6.07) is 11.3. The minimum atomic E-state index is -6.00. The third-order valence-corrected chi connectivity index (χ3v) is 7.50. The fourth-order valence-corrected chi connectivity index (χ4v) is 5.72. The largest absolute Gasteiger partial charge is 0.673 e. The molecule has 138 valence electrons. The average Bonchev–Trinajstić information content (AvgIpc) is 2.51. The van der Waals surface area contributed by atoms with Gasteiger partial charge in [-0.3, -0.25) is 0 Å². The molecule has 0 nitrogen and oxygen atoms in total. The van der Waals surface area contributed by atoms with E-state index < -0.39 is 7.25 Å². The van der Waals surface area contributed by atoms with Crippen LogP contribution in [0.2, 0.25) is 0 Å². The lowest BCUT2D eigenvalue weighted by atomic mass is 10.00. The van der Waals surface area contributed by atoms with E-state index in [1.54, 1.807) is 0 Å². The molecule has 0 aliphatic rings. The number of aryl methyl sites for hydroxylation is 2. The molecule has 2 aromatic carbocycles. The van der Waals surface area contributed by atoms with Gasteiger partial charge in [-0.05, 0) is 85.4 Å². The summed E-state index contributed by atoms with van der Waals surface area (Å²) in [5.41, 5.74) is 7.02. The Morgan fingerprint density at radius 3 is 1.76 bits per heavy atom. The van der Waals surface area contributed by atoms with E-state index in [0.29, 0.717) is 0 Å². The monoisotopic (exact) mass is 436 g/mol. The molecule has 0 saturated carbocycles. The van der Waals surface area contributed by atoms with Gasteiger partial charge in [0.15, 0.2) is 14.5 Å². The van der Waals surface area contributed by atoms with E-state index in [-0.39, 0.29) is 10.9 Å². The standard InChI is InChI=1S/C18H22BrS.BF4/c1-12-6-8-17(9-7-12)20(11-19)18-10-13(2)14(3)15(4)16(18)5;2-1(3,4)5/h6-10H,11H2,1-5H3;/q+1;-1. The highest BCUT2D eigenvalue weighted by atomic mass is 79.9. The molecule has 0 bridgehead atoms. The van der Waals surface area contributed by atoms with Gasteiger partial charge in [0, 0.05) is 5.56 Å². The predicted molar refractivity (Wildman–Crippen MR) is 104 cm³/mol. The molecule has 0 aliphatic carbocycles. The normalized spacial score (nSPS) is 12.4. The summed E-state index contributed by atoms with van der Waals surface area (Å²) in [6.07, 6.45) is 0. The maximum atomic E-state index is 9.75. The number of benzene rings is 2. The number of hydrogen-bond donors (Lipinski definition) is 0. The lowest BCUT2D eigenvalue weighted by Crippen LogP contribution is -2.09. The van der Waals surface area contributed by atoms with Gasteiger partial charge in [-0.1, -0.05) is 17.7 Å². The van der Waals surface area contributed by atoms with E-state index in [1.807, 2.05) is 0 Å². The number of alkyl halides is 1. The van der Waals surface area contributed by atoms with E-state index in [1.165, 1.54) is 37.6 Å². The molecular formula is C18H22BBrF4S. The van der Waals surface area contributed by atoms with Crippen molar-refractivity contribution in [3.05, 3.63) is 58.1 Å². The summed E-state index contributed by atoms with van der Waals surface area (Å²) in [5.74, 6) is 0. The Morgan fingerprint density at radius 2 is 1.32 bits per heavy atom. The van der Waals surface area contributed by atoms with Crippen LogP contribution < -0.4 is 0 Å². The maximum absolute atomic E-state index is 9.75. The highest BCUT2D eigenvalue weighted by Gasteiger charge is 2.27. The molecule has 0 aromatic heterocycles. The molecular weight excluding hydrogens is 415 g/mol. The number of halogens is 5. The molecule has 0 amide bonds. The van der Waals surface area contributed by atoms with Crippen molar-refractivity contribution in [2.24, 2.45) is 0 Å². The van der Waals surface area contributed by atoms with E-state index in [0.717, 1.165) is 4.66 Å². The van der Waals surface area contributed by atoms with Crippen molar-refractivity contribution in [1.82, 2.24) is 0 Å². The van der Waals surface area contributed by atoms with Crippen LogP contribution in [-0.2, 0) is 10.9 Å². The highest BCUT2D eigenvalue weighted by Crippen LogP contribution is 2.32. The van der Waals surface area contributed by atoms with Gasteiger partial charge < -0.3 is 17.3 Å². The lowest BCUT2D eigenvalue weighted by Gasteiger charge is -2.14. The van der Waals surface area contributed by atoms with Crippen LogP contribution >= 0.6 is 15.9 Å². The van der Waals surface area contributed by atoms with Crippen molar-refractivity contribution in [3.8, 4) is 0 Å². The van der Waals surface area contributed by atoms with Crippen LogP contribution in [0.15, 0.2) is 40.1 Å². The molecule has 0 N–H and O–H groups in total. The molecule has 0 fully saturated rings. The van der Waals surface area contributed by atoms with Crippen molar-refractivity contribution < 1.29 is 17.3 Å². The lowest BCUT2D eigenvalue weighted by molar-refractivity contribution is 0.368. The first-order valence-corrected chi connectivity index (χ1v) is 10.3. The van der Waals surface area contributed by atoms with Crippen molar-refractivity contribution in [1.29, 1.82) is 0 Å². The van der Waals surface area contributed by atoms with Crippen LogP contribution in [0.5, 0.6) is 0 Å². The van der Waals surface area contributed by atoms with Crippen LogP contribution in [0, 0.1) is 34.6 Å². The molecule has 1 atom stereocenters. The number of hydrogen-bond acceptors (Lipinski definition) is 0.